The van der Waals surface area contributed by atoms with Crippen LogP contribution in [-0.2, 0) is 5.41 Å². The van der Waals surface area contributed by atoms with E-state index in [1.165, 1.54) is 44.5 Å². The molecule has 0 atom stereocenters. The van der Waals surface area contributed by atoms with Crippen LogP contribution < -0.4 is 0 Å². The molecule has 9 aromatic carbocycles. The minimum Gasteiger partial charge on any atom is -0.243 e. The van der Waals surface area contributed by atoms with E-state index >= 15 is 0 Å². The van der Waals surface area contributed by atoms with Crippen molar-refractivity contribution in [2.24, 2.45) is 0 Å². The number of hydrogen-bond donors (Lipinski definition) is 0. The van der Waals surface area contributed by atoms with Crippen LogP contribution in [0.4, 0.5) is 0 Å². The average Bonchev–Trinajstić information content (AvgIpc) is 3.79. The van der Waals surface area contributed by atoms with Gasteiger partial charge in [0.25, 0.3) is 0 Å². The van der Waals surface area contributed by atoms with Crippen molar-refractivity contribution in [3.63, 3.8) is 0 Å². The Morgan fingerprint density at radius 3 is 1.17 bits per heavy atom. The zero-order chi connectivity index (χ0) is 38.9. The fourth-order valence-electron chi connectivity index (χ4n) is 10.0. The molecule has 0 radical (unpaired) electrons. The average molecular weight is 749 g/mol. The molecule has 1 heterocycles. The van der Waals surface area contributed by atoms with Gasteiger partial charge in [-0.15, -0.1) is 0 Å². The van der Waals surface area contributed by atoms with Crippen molar-refractivity contribution in [3.05, 3.63) is 241 Å². The van der Waals surface area contributed by atoms with Gasteiger partial charge in [-0.05, 0) is 78.9 Å². The predicted molar refractivity (Wildman–Crippen MR) is 243 cm³/mol. The minimum absolute atomic E-state index is 0.452. The molecule has 0 aliphatic heterocycles. The van der Waals surface area contributed by atoms with Gasteiger partial charge in [-0.2, -0.15) is 0 Å². The van der Waals surface area contributed by atoms with Crippen LogP contribution in [0.3, 0.4) is 0 Å². The summed E-state index contributed by atoms with van der Waals surface area (Å²) in [7, 11) is 0. The highest BCUT2D eigenvalue weighted by Crippen LogP contribution is 2.63. The van der Waals surface area contributed by atoms with Crippen LogP contribution in [0.5, 0.6) is 0 Å². The van der Waals surface area contributed by atoms with Gasteiger partial charge in [-0.1, -0.05) is 206 Å². The molecule has 1 spiro atoms. The van der Waals surface area contributed by atoms with Crippen molar-refractivity contribution in [2.75, 3.05) is 0 Å². The minimum atomic E-state index is -0.452. The number of rotatable bonds is 5. The molecular formula is C57H36N2. The smallest absolute Gasteiger partial charge is 0.0985 e. The SMILES string of the molecule is c1ccc(-c2nc3c(-c4ccccc4)cc(-c4ccc5c(c4)C4(c6ccccc6-c6ccccc64)c4ccccc4-5)c(-c4ccccc4)c3nc2-c2ccccc2)cc1. The Kier molecular flexibility index (Phi) is 7.48. The zero-order valence-corrected chi connectivity index (χ0v) is 32.2. The molecule has 2 aliphatic rings. The van der Waals surface area contributed by atoms with Crippen molar-refractivity contribution >= 4 is 11.0 Å². The van der Waals surface area contributed by atoms with Gasteiger partial charge < -0.3 is 0 Å². The molecule has 0 bridgehead atoms. The standard InChI is InChI=1S/C57H36N2/c1-5-19-37(20-6-1)47-36-46(52(38-21-7-2-8-22-38)56-55(47)58-53(39-23-9-3-10-24-39)54(59-56)40-25-11-4-12-26-40)41-33-34-45-44-29-15-18-32-50(44)57(51(45)35-41)48-30-16-13-27-42(48)43-28-14-17-31-49(43)57/h1-36H. The summed E-state index contributed by atoms with van der Waals surface area (Å²) in [5.74, 6) is 0. The highest BCUT2D eigenvalue weighted by molar-refractivity contribution is 6.09. The van der Waals surface area contributed by atoms with Crippen molar-refractivity contribution < 1.29 is 0 Å². The van der Waals surface area contributed by atoms with Gasteiger partial charge >= 0.3 is 0 Å². The first-order valence-electron chi connectivity index (χ1n) is 20.3. The quantitative estimate of drug-likeness (QED) is 0.175. The Hall–Kier alpha value is -7.68. The second kappa shape index (κ2) is 13.2. The highest BCUT2D eigenvalue weighted by atomic mass is 14.8. The van der Waals surface area contributed by atoms with Gasteiger partial charge in [-0.25, -0.2) is 9.97 Å². The third-order valence-electron chi connectivity index (χ3n) is 12.5. The van der Waals surface area contributed by atoms with Crippen LogP contribution >= 0.6 is 0 Å². The van der Waals surface area contributed by atoms with E-state index in [2.05, 4.69) is 218 Å². The first-order chi connectivity index (χ1) is 29.3. The first-order valence-corrected chi connectivity index (χ1v) is 20.3. The van der Waals surface area contributed by atoms with Crippen LogP contribution in [-0.4, -0.2) is 9.97 Å². The molecule has 2 heteroatoms. The van der Waals surface area contributed by atoms with Crippen molar-refractivity contribution in [3.8, 4) is 78.1 Å². The van der Waals surface area contributed by atoms with Crippen LogP contribution in [0.1, 0.15) is 22.3 Å². The normalized spacial score (nSPS) is 12.9. The summed E-state index contributed by atoms with van der Waals surface area (Å²) in [6.07, 6.45) is 0. The zero-order valence-electron chi connectivity index (χ0n) is 32.2. The molecule has 2 aliphatic carbocycles. The summed E-state index contributed by atoms with van der Waals surface area (Å²) in [6.45, 7) is 0. The van der Waals surface area contributed by atoms with E-state index in [0.29, 0.717) is 0 Å². The van der Waals surface area contributed by atoms with Crippen LogP contribution in [0.2, 0.25) is 0 Å². The van der Waals surface area contributed by atoms with E-state index in [9.17, 15) is 0 Å². The van der Waals surface area contributed by atoms with Gasteiger partial charge in [-0.3, -0.25) is 0 Å². The Morgan fingerprint density at radius 2 is 0.661 bits per heavy atom. The van der Waals surface area contributed by atoms with Crippen LogP contribution in [0.15, 0.2) is 218 Å². The Bertz CT molecular complexity index is 3180. The Balaban J connectivity index is 1.21. The molecule has 12 rings (SSSR count). The molecule has 0 N–H and O–H groups in total. The second-order valence-electron chi connectivity index (χ2n) is 15.6. The van der Waals surface area contributed by atoms with Gasteiger partial charge in [0.2, 0.25) is 0 Å². The molecule has 0 fully saturated rings. The summed E-state index contributed by atoms with van der Waals surface area (Å²) in [5.41, 5.74) is 22.2. The second-order valence-corrected chi connectivity index (χ2v) is 15.6. The van der Waals surface area contributed by atoms with Crippen molar-refractivity contribution in [1.29, 1.82) is 0 Å². The Morgan fingerprint density at radius 1 is 0.254 bits per heavy atom. The Labute approximate surface area is 343 Å². The molecular weight excluding hydrogens is 713 g/mol. The molecule has 0 saturated heterocycles. The third-order valence-corrected chi connectivity index (χ3v) is 12.5. The lowest BCUT2D eigenvalue weighted by atomic mass is 9.70. The van der Waals surface area contributed by atoms with Crippen LogP contribution in [0.25, 0.3) is 89.2 Å². The summed E-state index contributed by atoms with van der Waals surface area (Å²) >= 11 is 0. The molecule has 10 aromatic rings. The predicted octanol–water partition coefficient (Wildman–Crippen LogP) is 14.3. The van der Waals surface area contributed by atoms with E-state index in [1.54, 1.807) is 0 Å². The van der Waals surface area contributed by atoms with Gasteiger partial charge in [0.1, 0.15) is 0 Å². The van der Waals surface area contributed by atoms with E-state index in [4.69, 9.17) is 9.97 Å². The summed E-state index contributed by atoms with van der Waals surface area (Å²) < 4.78 is 0. The molecule has 59 heavy (non-hydrogen) atoms. The van der Waals surface area contributed by atoms with Crippen LogP contribution in [0, 0.1) is 0 Å². The number of hydrogen-bond acceptors (Lipinski definition) is 2. The van der Waals surface area contributed by atoms with Gasteiger partial charge in [0.15, 0.2) is 0 Å². The van der Waals surface area contributed by atoms with E-state index in [1.807, 2.05) is 0 Å². The van der Waals surface area contributed by atoms with Gasteiger partial charge in [0.05, 0.1) is 27.8 Å². The fraction of sp³-hybridized carbons (Fsp3) is 0.0175. The van der Waals surface area contributed by atoms with E-state index < -0.39 is 5.41 Å². The molecule has 0 saturated carbocycles. The molecule has 2 nitrogen and oxygen atoms in total. The molecule has 1 aromatic heterocycles. The van der Waals surface area contributed by atoms with E-state index in [-0.39, 0.29) is 0 Å². The lowest BCUT2D eigenvalue weighted by molar-refractivity contribution is 0.794. The number of nitrogens with zero attached hydrogens (tertiary/aromatic N) is 2. The highest BCUT2D eigenvalue weighted by Gasteiger charge is 2.51. The fourth-order valence-corrected chi connectivity index (χ4v) is 10.0. The summed E-state index contributed by atoms with van der Waals surface area (Å²) in [4.78, 5) is 11.4. The maximum absolute atomic E-state index is 5.74. The van der Waals surface area contributed by atoms with Crippen molar-refractivity contribution in [1.82, 2.24) is 9.97 Å². The van der Waals surface area contributed by atoms with E-state index in [0.717, 1.165) is 66.9 Å². The number of fused-ring (bicyclic) bond motifs is 11. The number of aromatic nitrogens is 2. The molecule has 274 valence electrons. The summed E-state index contributed by atoms with van der Waals surface area (Å²) in [6, 6.07) is 79.0. The number of benzene rings is 9. The van der Waals surface area contributed by atoms with Gasteiger partial charge in [0, 0.05) is 22.3 Å². The third kappa shape index (κ3) is 4.93. The molecule has 0 unspecified atom stereocenters. The largest absolute Gasteiger partial charge is 0.243 e. The van der Waals surface area contributed by atoms with Crippen molar-refractivity contribution in [2.45, 2.75) is 5.41 Å². The monoisotopic (exact) mass is 748 g/mol. The molecule has 0 amide bonds. The first kappa shape index (κ1) is 33.5. The summed E-state index contributed by atoms with van der Waals surface area (Å²) in [5, 5.41) is 0. The lowest BCUT2D eigenvalue weighted by Gasteiger charge is -2.31. The maximum atomic E-state index is 5.74. The lowest BCUT2D eigenvalue weighted by Crippen LogP contribution is -2.25. The topological polar surface area (TPSA) is 25.8 Å². The maximum Gasteiger partial charge on any atom is 0.0985 e.